The van der Waals surface area contributed by atoms with Crippen molar-refractivity contribution in [1.29, 1.82) is 0 Å². The third-order valence-corrected chi connectivity index (χ3v) is 4.30. The van der Waals surface area contributed by atoms with Crippen molar-refractivity contribution in [3.05, 3.63) is 51.2 Å². The first-order chi connectivity index (χ1) is 10.7. The number of rotatable bonds is 2. The van der Waals surface area contributed by atoms with Crippen molar-refractivity contribution in [2.24, 2.45) is 14.1 Å². The van der Waals surface area contributed by atoms with Crippen LogP contribution in [-0.4, -0.2) is 31.1 Å². The molecular formula is C13H12N4O5S. The Bertz CT molecular complexity index is 1140. The summed E-state index contributed by atoms with van der Waals surface area (Å²) in [7, 11) is -2.23. The molecule has 3 rings (SSSR count). The second-order valence-electron chi connectivity index (χ2n) is 4.92. The fraction of sp³-hybridized carbons (Fsp3) is 0.154. The quantitative estimate of drug-likeness (QED) is 0.645. The van der Waals surface area contributed by atoms with E-state index in [9.17, 15) is 22.6 Å². The molecule has 120 valence electrons. The third kappa shape index (κ3) is 2.19. The van der Waals surface area contributed by atoms with Gasteiger partial charge in [-0.1, -0.05) is 30.3 Å². The van der Waals surface area contributed by atoms with Gasteiger partial charge in [0.05, 0.1) is 0 Å². The van der Waals surface area contributed by atoms with Gasteiger partial charge in [-0.2, -0.15) is 12.4 Å². The van der Waals surface area contributed by atoms with Crippen LogP contribution in [0.15, 0.2) is 39.9 Å². The summed E-state index contributed by atoms with van der Waals surface area (Å²) >= 11 is 0. The minimum atomic E-state index is -4.81. The van der Waals surface area contributed by atoms with Crippen LogP contribution in [0.5, 0.6) is 0 Å². The van der Waals surface area contributed by atoms with E-state index in [-0.39, 0.29) is 11.5 Å². The van der Waals surface area contributed by atoms with Gasteiger partial charge in [-0.3, -0.25) is 18.5 Å². The molecule has 1 aromatic carbocycles. The van der Waals surface area contributed by atoms with Crippen molar-refractivity contribution in [3.63, 3.8) is 0 Å². The van der Waals surface area contributed by atoms with Gasteiger partial charge in [0.2, 0.25) is 0 Å². The zero-order valence-corrected chi connectivity index (χ0v) is 13.0. The van der Waals surface area contributed by atoms with Gasteiger partial charge in [-0.15, -0.1) is 0 Å². The predicted molar refractivity (Wildman–Crippen MR) is 82.6 cm³/mol. The Morgan fingerprint density at radius 1 is 1.04 bits per heavy atom. The zero-order valence-electron chi connectivity index (χ0n) is 12.2. The van der Waals surface area contributed by atoms with E-state index in [0.717, 1.165) is 9.13 Å². The van der Waals surface area contributed by atoms with Gasteiger partial charge in [-0.25, -0.2) is 9.78 Å². The number of aryl methyl sites for hydroxylation is 1. The van der Waals surface area contributed by atoms with Gasteiger partial charge in [-0.05, 0) is 0 Å². The number of hydrogen-bond acceptors (Lipinski definition) is 5. The lowest BCUT2D eigenvalue weighted by Gasteiger charge is -2.06. The molecule has 0 aliphatic heterocycles. The van der Waals surface area contributed by atoms with E-state index in [1.54, 1.807) is 30.3 Å². The molecule has 0 fully saturated rings. The second-order valence-corrected chi connectivity index (χ2v) is 6.18. The molecule has 9 nitrogen and oxygen atoms in total. The summed E-state index contributed by atoms with van der Waals surface area (Å²) in [5.41, 5.74) is -1.67. The van der Waals surface area contributed by atoms with Crippen LogP contribution in [-0.2, 0) is 24.4 Å². The normalized spacial score (nSPS) is 12.0. The Balaban J connectivity index is 2.64. The van der Waals surface area contributed by atoms with E-state index in [1.165, 1.54) is 14.1 Å². The fourth-order valence-electron chi connectivity index (χ4n) is 2.37. The Kier molecular flexibility index (Phi) is 3.23. The summed E-state index contributed by atoms with van der Waals surface area (Å²) in [6.45, 7) is 0. The molecule has 0 saturated heterocycles. The Labute approximate surface area is 129 Å². The number of aromatic nitrogens is 4. The van der Waals surface area contributed by atoms with Gasteiger partial charge < -0.3 is 0 Å². The maximum absolute atomic E-state index is 12.3. The summed E-state index contributed by atoms with van der Waals surface area (Å²) in [5, 5.41) is 0. The first-order valence-corrected chi connectivity index (χ1v) is 7.85. The van der Waals surface area contributed by atoms with Crippen LogP contribution in [0, 0.1) is 0 Å². The predicted octanol–water partition coefficient (Wildman–Crippen LogP) is -0.248. The molecule has 1 N–H and O–H groups in total. The molecule has 0 saturated carbocycles. The van der Waals surface area contributed by atoms with Crippen molar-refractivity contribution in [2.45, 2.75) is 0 Å². The summed E-state index contributed by atoms with van der Waals surface area (Å²) < 4.78 is 35.4. The maximum Gasteiger partial charge on any atom is 0.365 e. The molecule has 0 aliphatic rings. The smallest absolute Gasteiger partial charge is 0.279 e. The summed E-state index contributed by atoms with van der Waals surface area (Å²) in [4.78, 5) is 28.4. The standard InChI is InChI=1S/C13H12N4O5S/c1-15-11-9(12(18)16(2)13(15)19)17(23(20,21)22)10(14-11)8-6-4-3-5-7-8/h3-7H,1-2H3,(H,20,21,22). The average molecular weight is 336 g/mol. The van der Waals surface area contributed by atoms with E-state index in [0.29, 0.717) is 9.54 Å². The van der Waals surface area contributed by atoms with Crippen LogP contribution in [0.4, 0.5) is 0 Å². The van der Waals surface area contributed by atoms with E-state index in [4.69, 9.17) is 0 Å². The highest BCUT2D eigenvalue weighted by Crippen LogP contribution is 2.23. The van der Waals surface area contributed by atoms with E-state index >= 15 is 0 Å². The highest BCUT2D eigenvalue weighted by molar-refractivity contribution is 7.84. The highest BCUT2D eigenvalue weighted by Gasteiger charge is 2.26. The average Bonchev–Trinajstić information content (AvgIpc) is 2.92. The molecule has 3 aromatic rings. The number of benzene rings is 1. The van der Waals surface area contributed by atoms with Gasteiger partial charge in [0, 0.05) is 19.7 Å². The van der Waals surface area contributed by atoms with Crippen molar-refractivity contribution < 1.29 is 13.0 Å². The monoisotopic (exact) mass is 336 g/mol. The topological polar surface area (TPSA) is 116 Å². The lowest BCUT2D eigenvalue weighted by molar-refractivity contribution is 0.474. The lowest BCUT2D eigenvalue weighted by atomic mass is 10.2. The van der Waals surface area contributed by atoms with Crippen molar-refractivity contribution >= 4 is 21.5 Å². The van der Waals surface area contributed by atoms with Crippen LogP contribution in [0.25, 0.3) is 22.6 Å². The molecule has 0 bridgehead atoms. The van der Waals surface area contributed by atoms with E-state index in [2.05, 4.69) is 4.98 Å². The van der Waals surface area contributed by atoms with Crippen molar-refractivity contribution in [3.8, 4) is 11.4 Å². The molecule has 2 heterocycles. The second kappa shape index (κ2) is 4.89. The van der Waals surface area contributed by atoms with Crippen LogP contribution in [0.1, 0.15) is 0 Å². The lowest BCUT2D eigenvalue weighted by Crippen LogP contribution is -2.38. The van der Waals surface area contributed by atoms with Crippen LogP contribution in [0.3, 0.4) is 0 Å². The Hall–Kier alpha value is -2.72. The molecule has 0 amide bonds. The van der Waals surface area contributed by atoms with Gasteiger partial charge in [0.25, 0.3) is 5.56 Å². The van der Waals surface area contributed by atoms with Crippen LogP contribution in [0.2, 0.25) is 0 Å². The highest BCUT2D eigenvalue weighted by atomic mass is 32.2. The zero-order chi connectivity index (χ0) is 16.9. The minimum Gasteiger partial charge on any atom is -0.279 e. The van der Waals surface area contributed by atoms with Gasteiger partial charge >= 0.3 is 16.0 Å². The molecule has 0 aliphatic carbocycles. The summed E-state index contributed by atoms with van der Waals surface area (Å²) in [5.74, 6) is -0.151. The van der Waals surface area contributed by atoms with Gasteiger partial charge in [0.1, 0.15) is 0 Å². The third-order valence-electron chi connectivity index (χ3n) is 3.48. The largest absolute Gasteiger partial charge is 0.365 e. The molecular weight excluding hydrogens is 324 g/mol. The van der Waals surface area contributed by atoms with Crippen molar-refractivity contribution in [1.82, 2.24) is 18.1 Å². The Morgan fingerprint density at radius 3 is 2.22 bits per heavy atom. The molecule has 0 unspecified atom stereocenters. The number of imidazole rings is 1. The van der Waals surface area contributed by atoms with Crippen molar-refractivity contribution in [2.75, 3.05) is 0 Å². The van der Waals surface area contributed by atoms with Gasteiger partial charge in [0.15, 0.2) is 17.0 Å². The number of hydrogen-bond donors (Lipinski definition) is 1. The van der Waals surface area contributed by atoms with Crippen LogP contribution < -0.4 is 11.2 Å². The number of nitrogens with zero attached hydrogens (tertiary/aromatic N) is 4. The fourth-order valence-corrected chi connectivity index (χ4v) is 3.12. The number of fused-ring (bicyclic) bond motifs is 1. The molecule has 0 atom stereocenters. The molecule has 0 radical (unpaired) electrons. The SMILES string of the molecule is Cn1c(=O)c2c(nc(-c3ccccc3)n2S(=O)(=O)O)n(C)c1=O. The summed E-state index contributed by atoms with van der Waals surface area (Å²) in [6.07, 6.45) is 0. The molecule has 2 aromatic heterocycles. The maximum atomic E-state index is 12.3. The van der Waals surface area contributed by atoms with E-state index in [1.807, 2.05) is 0 Å². The molecule has 0 spiro atoms. The molecule has 10 heteroatoms. The molecule has 23 heavy (non-hydrogen) atoms. The summed E-state index contributed by atoms with van der Waals surface area (Å²) in [6, 6.07) is 8.18. The Morgan fingerprint density at radius 2 is 1.65 bits per heavy atom. The minimum absolute atomic E-state index is 0.130. The van der Waals surface area contributed by atoms with Crippen LogP contribution >= 0.6 is 0 Å². The first-order valence-electron chi connectivity index (χ1n) is 6.45. The first kappa shape index (κ1) is 15.2. The van der Waals surface area contributed by atoms with E-state index < -0.39 is 27.1 Å².